The third-order valence-electron chi connectivity index (χ3n) is 3.77. The van der Waals surface area contributed by atoms with E-state index in [-0.39, 0.29) is 15.8 Å². The minimum absolute atomic E-state index is 0.106. The van der Waals surface area contributed by atoms with E-state index in [0.717, 1.165) is 0 Å². The molecule has 21 heavy (non-hydrogen) atoms. The van der Waals surface area contributed by atoms with Crippen LogP contribution in [0.25, 0.3) is 0 Å². The molecule has 0 aliphatic rings. The van der Waals surface area contributed by atoms with Gasteiger partial charge in [0.1, 0.15) is 0 Å². The quantitative estimate of drug-likeness (QED) is 0.421. The van der Waals surface area contributed by atoms with Crippen molar-refractivity contribution < 1.29 is 0 Å². The summed E-state index contributed by atoms with van der Waals surface area (Å²) in [5, 5.41) is 6.25. The molecular weight excluding hydrogens is 310 g/mol. The third-order valence-corrected chi connectivity index (χ3v) is 11.5. The lowest BCUT2D eigenvalue weighted by Gasteiger charge is -2.24. The van der Waals surface area contributed by atoms with Gasteiger partial charge >= 0.3 is 0 Å². The highest BCUT2D eigenvalue weighted by Crippen LogP contribution is 2.44. The fourth-order valence-corrected chi connectivity index (χ4v) is 10.9. The van der Waals surface area contributed by atoms with Crippen LogP contribution in [0.1, 0.15) is 65.2 Å². The molecule has 0 radical (unpaired) electrons. The summed E-state index contributed by atoms with van der Waals surface area (Å²) in [6, 6.07) is 0. The van der Waals surface area contributed by atoms with Crippen molar-refractivity contribution in [3.63, 3.8) is 0 Å². The van der Waals surface area contributed by atoms with Crippen LogP contribution in [0.5, 0.6) is 0 Å². The van der Waals surface area contributed by atoms with Gasteiger partial charge in [-0.25, -0.2) is 0 Å². The highest BCUT2D eigenvalue weighted by Gasteiger charge is 2.23. The van der Waals surface area contributed by atoms with Gasteiger partial charge in [0, 0.05) is 4.88 Å². The van der Waals surface area contributed by atoms with Crippen LogP contribution in [0.2, 0.25) is 0 Å². The molecule has 0 aliphatic heterocycles. The molecular formula is C18H34P2S. The first-order valence-corrected chi connectivity index (χ1v) is 13.1. The summed E-state index contributed by atoms with van der Waals surface area (Å²) in [6.45, 7) is 11.8. The second kappa shape index (κ2) is 11.2. The molecule has 0 unspecified atom stereocenters. The van der Waals surface area contributed by atoms with Crippen LogP contribution in [-0.2, 0) is 6.42 Å². The van der Waals surface area contributed by atoms with Crippen molar-refractivity contribution in [1.29, 1.82) is 0 Å². The Morgan fingerprint density at radius 2 is 1.24 bits per heavy atom. The lowest BCUT2D eigenvalue weighted by Crippen LogP contribution is -2.24. The second-order valence-corrected chi connectivity index (χ2v) is 11.6. The van der Waals surface area contributed by atoms with Gasteiger partial charge in [-0.05, 0) is 47.1 Å². The lowest BCUT2D eigenvalue weighted by atomic mass is 10.4. The van der Waals surface area contributed by atoms with Crippen LogP contribution in [0, 0.1) is 0 Å². The van der Waals surface area contributed by atoms with Crippen molar-refractivity contribution >= 4 is 37.8 Å². The maximum Gasteiger partial charge on any atom is 0.0126 e. The first-order chi connectivity index (χ1) is 10.2. The molecule has 0 spiro atoms. The number of hydrogen-bond acceptors (Lipinski definition) is 1. The first-order valence-electron chi connectivity index (χ1n) is 8.83. The van der Waals surface area contributed by atoms with Crippen molar-refractivity contribution in [2.45, 2.75) is 66.7 Å². The minimum Gasteiger partial charge on any atom is -0.148 e. The Hall–Kier alpha value is 0.560. The number of hydrogen-bond donors (Lipinski definition) is 0. The fourth-order valence-electron chi connectivity index (χ4n) is 2.96. The molecule has 0 amide bonds. The zero-order valence-corrected chi connectivity index (χ0v) is 17.3. The van der Waals surface area contributed by atoms with Gasteiger partial charge < -0.3 is 0 Å². The fraction of sp³-hybridized carbons (Fsp3) is 0.778. The Morgan fingerprint density at radius 1 is 0.762 bits per heavy atom. The zero-order chi connectivity index (χ0) is 15.7. The van der Waals surface area contributed by atoms with Gasteiger partial charge in [0.05, 0.1) is 0 Å². The van der Waals surface area contributed by atoms with E-state index in [4.69, 9.17) is 0 Å². The van der Waals surface area contributed by atoms with Gasteiger partial charge in [0.15, 0.2) is 0 Å². The van der Waals surface area contributed by atoms with Crippen LogP contribution in [0.15, 0.2) is 5.38 Å². The Labute approximate surface area is 139 Å². The normalized spacial score (nSPS) is 11.8. The molecule has 1 aromatic rings. The molecule has 0 aliphatic carbocycles. The molecule has 0 nitrogen and oxygen atoms in total. The Bertz CT molecular complexity index is 375. The van der Waals surface area contributed by atoms with E-state index in [0.29, 0.717) is 0 Å². The topological polar surface area (TPSA) is 0 Å². The molecule has 0 aromatic carbocycles. The van der Waals surface area contributed by atoms with E-state index in [2.05, 4.69) is 51.3 Å². The minimum atomic E-state index is 0.106. The van der Waals surface area contributed by atoms with E-state index in [1.165, 1.54) is 56.8 Å². The molecule has 122 valence electrons. The summed E-state index contributed by atoms with van der Waals surface area (Å²) >= 11 is 2.07. The number of thiophene rings is 1. The summed E-state index contributed by atoms with van der Waals surface area (Å²) < 4.78 is 0. The first kappa shape index (κ1) is 19.6. The molecule has 0 N–H and O–H groups in total. The second-order valence-electron chi connectivity index (χ2n) is 5.72. The van der Waals surface area contributed by atoms with E-state index < -0.39 is 0 Å². The maximum atomic E-state index is 2.56. The summed E-state index contributed by atoms with van der Waals surface area (Å²) in [6.07, 6.45) is 12.4. The molecule has 0 fully saturated rings. The van der Waals surface area contributed by atoms with E-state index in [1.54, 1.807) is 4.88 Å². The van der Waals surface area contributed by atoms with Gasteiger partial charge in [-0.3, -0.25) is 0 Å². The van der Waals surface area contributed by atoms with E-state index in [1.807, 2.05) is 10.6 Å². The lowest BCUT2D eigenvalue weighted by molar-refractivity contribution is 1.06. The molecule has 1 heterocycles. The summed E-state index contributed by atoms with van der Waals surface area (Å²) in [4.78, 5) is 1.72. The summed E-state index contributed by atoms with van der Waals surface area (Å²) in [7, 11) is 0.217. The van der Waals surface area contributed by atoms with Gasteiger partial charge in [-0.15, -0.1) is 11.3 Å². The SMILES string of the molecule is CCCP(CCC)c1csc(CC)c1P(CCC)CCC. The van der Waals surface area contributed by atoms with Crippen molar-refractivity contribution in [1.82, 2.24) is 0 Å². The largest absolute Gasteiger partial charge is 0.148 e. The van der Waals surface area contributed by atoms with E-state index >= 15 is 0 Å². The number of aryl methyl sites for hydroxylation is 1. The van der Waals surface area contributed by atoms with Gasteiger partial charge in [0.2, 0.25) is 0 Å². The average molecular weight is 344 g/mol. The average Bonchev–Trinajstić information content (AvgIpc) is 2.90. The maximum absolute atomic E-state index is 2.56. The summed E-state index contributed by atoms with van der Waals surface area (Å²) in [5.74, 6) is 0. The predicted octanol–water partition coefficient (Wildman–Crippen LogP) is 6.16. The van der Waals surface area contributed by atoms with E-state index in [9.17, 15) is 0 Å². The van der Waals surface area contributed by atoms with Crippen molar-refractivity contribution in [3.05, 3.63) is 10.3 Å². The van der Waals surface area contributed by atoms with Crippen molar-refractivity contribution in [2.24, 2.45) is 0 Å². The molecule has 3 heteroatoms. The van der Waals surface area contributed by atoms with Crippen LogP contribution in [-0.4, -0.2) is 24.6 Å². The Kier molecular flexibility index (Phi) is 10.4. The highest BCUT2D eigenvalue weighted by atomic mass is 32.1. The smallest absolute Gasteiger partial charge is 0.0126 e. The third kappa shape index (κ3) is 5.60. The summed E-state index contributed by atoms with van der Waals surface area (Å²) in [5.41, 5.74) is 0. The van der Waals surface area contributed by atoms with Crippen molar-refractivity contribution in [2.75, 3.05) is 24.6 Å². The predicted molar refractivity (Wildman–Crippen MR) is 107 cm³/mol. The molecule has 0 saturated heterocycles. The van der Waals surface area contributed by atoms with Crippen LogP contribution < -0.4 is 10.6 Å². The highest BCUT2D eigenvalue weighted by molar-refractivity contribution is 7.72. The molecule has 1 rings (SSSR count). The zero-order valence-electron chi connectivity index (χ0n) is 14.7. The number of rotatable bonds is 11. The van der Waals surface area contributed by atoms with Crippen LogP contribution in [0.3, 0.4) is 0 Å². The molecule has 1 aromatic heterocycles. The monoisotopic (exact) mass is 344 g/mol. The Balaban J connectivity index is 3.15. The van der Waals surface area contributed by atoms with Crippen molar-refractivity contribution in [3.8, 4) is 0 Å². The van der Waals surface area contributed by atoms with Gasteiger partial charge in [-0.1, -0.05) is 76.1 Å². The van der Waals surface area contributed by atoms with Gasteiger partial charge in [0.25, 0.3) is 0 Å². The van der Waals surface area contributed by atoms with Crippen LogP contribution in [0.4, 0.5) is 0 Å². The molecule has 0 bridgehead atoms. The molecule has 0 saturated carbocycles. The Morgan fingerprint density at radius 3 is 1.67 bits per heavy atom. The van der Waals surface area contributed by atoms with Gasteiger partial charge in [-0.2, -0.15) is 0 Å². The standard InChI is InChI=1S/C18H34P2S/c1-6-11-19(12-7-2)16-15-21-17(10-5)18(16)20(13-8-3)14-9-4/h15H,6-14H2,1-5H3. The van der Waals surface area contributed by atoms with Crippen LogP contribution >= 0.6 is 27.2 Å². The molecule has 0 atom stereocenters.